The summed E-state index contributed by atoms with van der Waals surface area (Å²) in [5.74, 6) is 0.167. The average Bonchev–Trinajstić information content (AvgIpc) is 3.25. The van der Waals surface area contributed by atoms with Gasteiger partial charge in [0, 0.05) is 16.6 Å². The molecule has 25 heavy (non-hydrogen) atoms. The van der Waals surface area contributed by atoms with Gasteiger partial charge in [-0.15, -0.1) is 11.3 Å². The molecule has 0 saturated carbocycles. The van der Waals surface area contributed by atoms with Crippen molar-refractivity contribution in [2.24, 2.45) is 0 Å². The topological polar surface area (TPSA) is 101 Å². The Morgan fingerprint density at radius 1 is 1.24 bits per heavy atom. The zero-order valence-corrected chi connectivity index (χ0v) is 14.9. The highest BCUT2D eigenvalue weighted by atomic mass is 32.2. The normalized spacial score (nSPS) is 11.4. The Kier molecular flexibility index (Phi) is 4.98. The van der Waals surface area contributed by atoms with E-state index in [0.717, 1.165) is 4.88 Å². The SMILES string of the molecule is Cc1cnc(NC(=O)c2ccc(S(=O)(=O)NCc3ccco3)cc2)s1. The minimum atomic E-state index is -3.69. The molecule has 0 fully saturated rings. The van der Waals surface area contributed by atoms with E-state index in [4.69, 9.17) is 4.42 Å². The number of hydrogen-bond acceptors (Lipinski definition) is 6. The lowest BCUT2D eigenvalue weighted by molar-refractivity contribution is 0.102. The van der Waals surface area contributed by atoms with Crippen molar-refractivity contribution < 1.29 is 17.6 Å². The minimum Gasteiger partial charge on any atom is -0.468 e. The number of aryl methyl sites for hydroxylation is 1. The first-order valence-electron chi connectivity index (χ1n) is 7.30. The molecule has 0 atom stereocenters. The quantitative estimate of drug-likeness (QED) is 0.688. The third kappa shape index (κ3) is 4.32. The molecular weight excluding hydrogens is 362 g/mol. The van der Waals surface area contributed by atoms with Crippen LogP contribution in [0.3, 0.4) is 0 Å². The van der Waals surface area contributed by atoms with Crippen LogP contribution in [-0.2, 0) is 16.6 Å². The van der Waals surface area contributed by atoms with E-state index in [0.29, 0.717) is 16.5 Å². The summed E-state index contributed by atoms with van der Waals surface area (Å²) in [5.41, 5.74) is 0.345. The number of anilines is 1. The molecule has 130 valence electrons. The van der Waals surface area contributed by atoms with Crippen LogP contribution in [0.4, 0.5) is 5.13 Å². The van der Waals surface area contributed by atoms with Crippen molar-refractivity contribution in [3.05, 3.63) is 65.1 Å². The van der Waals surface area contributed by atoms with Crippen LogP contribution in [0.15, 0.2) is 58.2 Å². The Morgan fingerprint density at radius 3 is 2.60 bits per heavy atom. The van der Waals surface area contributed by atoms with Crippen LogP contribution in [0.1, 0.15) is 21.0 Å². The zero-order valence-electron chi connectivity index (χ0n) is 13.2. The van der Waals surface area contributed by atoms with Crippen molar-refractivity contribution in [2.45, 2.75) is 18.4 Å². The highest BCUT2D eigenvalue weighted by Crippen LogP contribution is 2.18. The van der Waals surface area contributed by atoms with E-state index in [2.05, 4.69) is 15.0 Å². The van der Waals surface area contributed by atoms with Gasteiger partial charge < -0.3 is 4.42 Å². The van der Waals surface area contributed by atoms with E-state index >= 15 is 0 Å². The molecule has 2 N–H and O–H groups in total. The second-order valence-electron chi connectivity index (χ2n) is 5.16. The summed E-state index contributed by atoms with van der Waals surface area (Å²) in [6.07, 6.45) is 3.14. The molecule has 1 amide bonds. The van der Waals surface area contributed by atoms with Gasteiger partial charge in [0.05, 0.1) is 17.7 Å². The van der Waals surface area contributed by atoms with Crippen LogP contribution in [-0.4, -0.2) is 19.3 Å². The van der Waals surface area contributed by atoms with E-state index in [1.54, 1.807) is 18.3 Å². The molecule has 0 aliphatic rings. The maximum Gasteiger partial charge on any atom is 0.257 e. The number of sulfonamides is 1. The second kappa shape index (κ2) is 7.18. The zero-order chi connectivity index (χ0) is 17.9. The number of benzene rings is 1. The molecular formula is C16H15N3O4S2. The summed E-state index contributed by atoms with van der Waals surface area (Å²) in [5, 5.41) is 3.17. The summed E-state index contributed by atoms with van der Waals surface area (Å²) in [6, 6.07) is 9.03. The number of nitrogens with zero attached hydrogens (tertiary/aromatic N) is 1. The van der Waals surface area contributed by atoms with Crippen LogP contribution in [0.25, 0.3) is 0 Å². The molecule has 0 aliphatic carbocycles. The van der Waals surface area contributed by atoms with Crippen LogP contribution in [0.5, 0.6) is 0 Å². The number of amides is 1. The number of carbonyl (C=O) groups is 1. The number of rotatable bonds is 6. The van der Waals surface area contributed by atoms with Gasteiger partial charge in [-0.3, -0.25) is 10.1 Å². The van der Waals surface area contributed by atoms with Crippen molar-refractivity contribution in [3.8, 4) is 0 Å². The lowest BCUT2D eigenvalue weighted by Gasteiger charge is -2.07. The van der Waals surface area contributed by atoms with Crippen molar-refractivity contribution in [2.75, 3.05) is 5.32 Å². The molecule has 7 nitrogen and oxygen atoms in total. The van der Waals surface area contributed by atoms with Crippen LogP contribution in [0, 0.1) is 6.92 Å². The highest BCUT2D eigenvalue weighted by molar-refractivity contribution is 7.89. The summed E-state index contributed by atoms with van der Waals surface area (Å²) in [7, 11) is -3.69. The van der Waals surface area contributed by atoms with Gasteiger partial charge in [0.1, 0.15) is 5.76 Å². The first kappa shape index (κ1) is 17.3. The maximum absolute atomic E-state index is 12.2. The lowest BCUT2D eigenvalue weighted by Crippen LogP contribution is -2.23. The monoisotopic (exact) mass is 377 g/mol. The summed E-state index contributed by atoms with van der Waals surface area (Å²) in [4.78, 5) is 17.3. The van der Waals surface area contributed by atoms with Gasteiger partial charge in [-0.05, 0) is 43.3 Å². The van der Waals surface area contributed by atoms with Crippen molar-refractivity contribution in [1.29, 1.82) is 0 Å². The fraction of sp³-hybridized carbons (Fsp3) is 0.125. The molecule has 0 saturated heterocycles. The molecule has 0 aliphatic heterocycles. The van der Waals surface area contributed by atoms with Gasteiger partial charge in [0.25, 0.3) is 5.91 Å². The first-order chi connectivity index (χ1) is 11.9. The fourth-order valence-electron chi connectivity index (χ4n) is 2.03. The summed E-state index contributed by atoms with van der Waals surface area (Å²) >= 11 is 1.37. The predicted molar refractivity (Wildman–Crippen MR) is 94.0 cm³/mol. The van der Waals surface area contributed by atoms with Crippen molar-refractivity contribution in [1.82, 2.24) is 9.71 Å². The average molecular weight is 377 g/mol. The van der Waals surface area contributed by atoms with Gasteiger partial charge in [-0.1, -0.05) is 0 Å². The van der Waals surface area contributed by atoms with E-state index < -0.39 is 10.0 Å². The number of hydrogen-bond donors (Lipinski definition) is 2. The minimum absolute atomic E-state index is 0.0565. The molecule has 2 aromatic heterocycles. The summed E-state index contributed by atoms with van der Waals surface area (Å²) < 4.78 is 32.0. The van der Waals surface area contributed by atoms with Crippen molar-refractivity contribution >= 4 is 32.4 Å². The van der Waals surface area contributed by atoms with E-state index in [1.807, 2.05) is 6.92 Å². The molecule has 1 aromatic carbocycles. The molecule has 0 spiro atoms. The number of carbonyl (C=O) groups excluding carboxylic acids is 1. The Bertz CT molecular complexity index is 961. The van der Waals surface area contributed by atoms with Crippen LogP contribution < -0.4 is 10.0 Å². The van der Waals surface area contributed by atoms with Crippen LogP contribution >= 0.6 is 11.3 Å². The number of furan rings is 1. The smallest absolute Gasteiger partial charge is 0.257 e. The number of nitrogens with one attached hydrogen (secondary N) is 2. The molecule has 2 heterocycles. The maximum atomic E-state index is 12.2. The van der Waals surface area contributed by atoms with E-state index in [1.165, 1.54) is 41.9 Å². The Morgan fingerprint density at radius 2 is 2.00 bits per heavy atom. The highest BCUT2D eigenvalue weighted by Gasteiger charge is 2.16. The third-order valence-electron chi connectivity index (χ3n) is 3.29. The molecule has 0 radical (unpaired) electrons. The predicted octanol–water partition coefficient (Wildman–Crippen LogP) is 2.78. The van der Waals surface area contributed by atoms with Gasteiger partial charge >= 0.3 is 0 Å². The van der Waals surface area contributed by atoms with E-state index in [9.17, 15) is 13.2 Å². The molecule has 0 unspecified atom stereocenters. The third-order valence-corrected chi connectivity index (χ3v) is 5.53. The standard InChI is InChI=1S/C16H15N3O4S2/c1-11-9-17-16(24-11)19-15(20)12-4-6-14(7-5-12)25(21,22)18-10-13-3-2-8-23-13/h2-9,18H,10H2,1H3,(H,17,19,20). The number of thiazole rings is 1. The molecule has 3 aromatic rings. The first-order valence-corrected chi connectivity index (χ1v) is 9.60. The lowest BCUT2D eigenvalue weighted by atomic mass is 10.2. The largest absolute Gasteiger partial charge is 0.468 e. The summed E-state index contributed by atoms with van der Waals surface area (Å²) in [6.45, 7) is 1.95. The molecule has 0 bridgehead atoms. The molecule has 9 heteroatoms. The Balaban J connectivity index is 1.67. The second-order valence-corrected chi connectivity index (χ2v) is 8.16. The Hall–Kier alpha value is -2.49. The number of aromatic nitrogens is 1. The Labute approximate surface area is 148 Å². The van der Waals surface area contributed by atoms with Crippen LogP contribution in [0.2, 0.25) is 0 Å². The fourth-order valence-corrected chi connectivity index (χ4v) is 3.68. The van der Waals surface area contributed by atoms with Gasteiger partial charge in [0.2, 0.25) is 10.0 Å². The van der Waals surface area contributed by atoms with Gasteiger partial charge in [-0.2, -0.15) is 0 Å². The molecule has 3 rings (SSSR count). The van der Waals surface area contributed by atoms with Crippen molar-refractivity contribution in [3.63, 3.8) is 0 Å². The van der Waals surface area contributed by atoms with Gasteiger partial charge in [-0.25, -0.2) is 18.1 Å². The van der Waals surface area contributed by atoms with E-state index in [-0.39, 0.29) is 17.3 Å². The van der Waals surface area contributed by atoms with Gasteiger partial charge in [0.15, 0.2) is 5.13 Å².